The lowest BCUT2D eigenvalue weighted by Gasteiger charge is -2.37. The number of aliphatic hydroxyl groups is 1. The number of amides is 2. The number of nitrogens with zero attached hydrogens (tertiary/aromatic N) is 1. The Morgan fingerprint density at radius 3 is 2.43 bits per heavy atom. The zero-order valence-corrected chi connectivity index (χ0v) is 18.4. The lowest BCUT2D eigenvalue weighted by molar-refractivity contribution is -0.133. The normalized spacial score (nSPS) is 28.8. The van der Waals surface area contributed by atoms with Gasteiger partial charge in [0.15, 0.2) is 0 Å². The predicted octanol–water partition coefficient (Wildman–Crippen LogP) is 1.97. The van der Waals surface area contributed by atoms with Crippen molar-refractivity contribution in [1.29, 1.82) is 0 Å². The minimum absolute atomic E-state index is 0.0207. The number of carbonyl (C=O) groups is 2. The van der Waals surface area contributed by atoms with Gasteiger partial charge in [0.1, 0.15) is 6.10 Å². The highest BCUT2D eigenvalue weighted by molar-refractivity contribution is 5.79. The van der Waals surface area contributed by atoms with Crippen LogP contribution in [-0.2, 0) is 14.3 Å². The zero-order valence-electron chi connectivity index (χ0n) is 18.4. The second-order valence-electron chi connectivity index (χ2n) is 9.30. The maximum absolute atomic E-state index is 12.5. The van der Waals surface area contributed by atoms with Crippen molar-refractivity contribution in [3.8, 4) is 0 Å². The SMILES string of the molecule is O=C(CCN1CCCCC1)NCC[C@@H]1CC[C@@H](NC(=O)C2CCCCC2)[C@H](CO)O1. The summed E-state index contributed by atoms with van der Waals surface area (Å²) >= 11 is 0. The summed E-state index contributed by atoms with van der Waals surface area (Å²) in [5.41, 5.74) is 0. The van der Waals surface area contributed by atoms with Crippen LogP contribution in [0.25, 0.3) is 0 Å². The molecular formula is C23H41N3O4. The molecule has 3 N–H and O–H groups in total. The van der Waals surface area contributed by atoms with Crippen molar-refractivity contribution in [2.45, 2.75) is 95.3 Å². The van der Waals surface area contributed by atoms with Gasteiger partial charge in [-0.3, -0.25) is 9.59 Å². The summed E-state index contributed by atoms with van der Waals surface area (Å²) < 4.78 is 6.05. The lowest BCUT2D eigenvalue weighted by Crippen LogP contribution is -2.52. The van der Waals surface area contributed by atoms with Crippen molar-refractivity contribution >= 4 is 11.8 Å². The Labute approximate surface area is 181 Å². The van der Waals surface area contributed by atoms with Crippen LogP contribution < -0.4 is 10.6 Å². The second kappa shape index (κ2) is 12.6. The predicted molar refractivity (Wildman–Crippen MR) is 116 cm³/mol. The molecule has 2 aliphatic heterocycles. The molecule has 0 radical (unpaired) electrons. The van der Waals surface area contributed by atoms with Crippen LogP contribution in [0.3, 0.4) is 0 Å². The first kappa shape index (κ1) is 23.5. The number of hydrogen-bond donors (Lipinski definition) is 3. The smallest absolute Gasteiger partial charge is 0.223 e. The fourth-order valence-electron chi connectivity index (χ4n) is 5.08. The Kier molecular flexibility index (Phi) is 9.88. The number of piperidine rings is 1. The molecule has 3 atom stereocenters. The molecule has 3 rings (SSSR count). The average Bonchev–Trinajstić information content (AvgIpc) is 2.79. The molecule has 2 saturated heterocycles. The maximum atomic E-state index is 12.5. The van der Waals surface area contributed by atoms with Gasteiger partial charge in [0, 0.05) is 25.4 Å². The molecule has 172 valence electrons. The summed E-state index contributed by atoms with van der Waals surface area (Å²) in [6.45, 7) is 3.59. The van der Waals surface area contributed by atoms with E-state index in [4.69, 9.17) is 4.74 Å². The van der Waals surface area contributed by atoms with Crippen molar-refractivity contribution < 1.29 is 19.4 Å². The minimum atomic E-state index is -0.355. The molecule has 0 aromatic heterocycles. The largest absolute Gasteiger partial charge is 0.394 e. The second-order valence-corrected chi connectivity index (χ2v) is 9.30. The molecule has 0 aromatic rings. The summed E-state index contributed by atoms with van der Waals surface area (Å²) in [4.78, 5) is 27.0. The van der Waals surface area contributed by atoms with E-state index in [0.29, 0.717) is 13.0 Å². The van der Waals surface area contributed by atoms with E-state index in [2.05, 4.69) is 15.5 Å². The van der Waals surface area contributed by atoms with Crippen molar-refractivity contribution in [3.05, 3.63) is 0 Å². The van der Waals surface area contributed by atoms with E-state index in [9.17, 15) is 14.7 Å². The van der Waals surface area contributed by atoms with E-state index in [1.54, 1.807) is 0 Å². The molecule has 0 unspecified atom stereocenters. The highest BCUT2D eigenvalue weighted by Gasteiger charge is 2.33. The van der Waals surface area contributed by atoms with E-state index in [0.717, 1.165) is 64.6 Å². The molecule has 0 bridgehead atoms. The number of likely N-dealkylation sites (tertiary alicyclic amines) is 1. The fourth-order valence-corrected chi connectivity index (χ4v) is 5.08. The number of rotatable bonds is 9. The van der Waals surface area contributed by atoms with E-state index < -0.39 is 0 Å². The number of ether oxygens (including phenoxy) is 1. The molecule has 2 heterocycles. The molecule has 3 aliphatic rings. The van der Waals surface area contributed by atoms with E-state index in [-0.39, 0.29) is 42.6 Å². The van der Waals surface area contributed by atoms with E-state index in [1.165, 1.54) is 25.7 Å². The quantitative estimate of drug-likeness (QED) is 0.527. The third-order valence-electron chi connectivity index (χ3n) is 6.99. The first-order chi connectivity index (χ1) is 14.7. The highest BCUT2D eigenvalue weighted by atomic mass is 16.5. The molecule has 0 spiro atoms. The number of aliphatic hydroxyl groups excluding tert-OH is 1. The van der Waals surface area contributed by atoms with Crippen molar-refractivity contribution in [1.82, 2.24) is 15.5 Å². The maximum Gasteiger partial charge on any atom is 0.223 e. The Balaban J connectivity index is 1.31. The van der Waals surface area contributed by atoms with Gasteiger partial charge in [-0.2, -0.15) is 0 Å². The summed E-state index contributed by atoms with van der Waals surface area (Å²) in [7, 11) is 0. The van der Waals surface area contributed by atoms with Crippen LogP contribution in [0.2, 0.25) is 0 Å². The van der Waals surface area contributed by atoms with Gasteiger partial charge in [-0.15, -0.1) is 0 Å². The Morgan fingerprint density at radius 1 is 0.967 bits per heavy atom. The first-order valence-electron chi connectivity index (χ1n) is 12.2. The van der Waals surface area contributed by atoms with Crippen LogP contribution >= 0.6 is 0 Å². The Bertz CT molecular complexity index is 533. The summed E-state index contributed by atoms with van der Waals surface area (Å²) in [6, 6.07) is -0.111. The number of nitrogens with one attached hydrogen (secondary N) is 2. The van der Waals surface area contributed by atoms with Gasteiger partial charge >= 0.3 is 0 Å². The molecule has 30 heavy (non-hydrogen) atoms. The van der Waals surface area contributed by atoms with Crippen molar-refractivity contribution in [2.24, 2.45) is 5.92 Å². The number of carbonyl (C=O) groups excluding carboxylic acids is 2. The Hall–Kier alpha value is -1.18. The van der Waals surface area contributed by atoms with E-state index in [1.807, 2.05) is 0 Å². The molecular weight excluding hydrogens is 382 g/mol. The molecule has 2 amide bonds. The highest BCUT2D eigenvalue weighted by Crippen LogP contribution is 2.26. The van der Waals surface area contributed by atoms with Gasteiger partial charge in [-0.25, -0.2) is 0 Å². The van der Waals surface area contributed by atoms with Crippen LogP contribution in [-0.4, -0.2) is 72.9 Å². The molecule has 7 heteroatoms. The van der Waals surface area contributed by atoms with Crippen LogP contribution in [0.15, 0.2) is 0 Å². The topological polar surface area (TPSA) is 90.9 Å². The van der Waals surface area contributed by atoms with E-state index >= 15 is 0 Å². The fraction of sp³-hybridized carbons (Fsp3) is 0.913. The molecule has 1 saturated carbocycles. The lowest BCUT2D eigenvalue weighted by atomic mass is 9.88. The van der Waals surface area contributed by atoms with Crippen molar-refractivity contribution in [3.63, 3.8) is 0 Å². The summed E-state index contributed by atoms with van der Waals surface area (Å²) in [5, 5.41) is 15.9. The third kappa shape index (κ3) is 7.50. The van der Waals surface area contributed by atoms with Crippen LogP contribution in [0.1, 0.15) is 77.0 Å². The number of hydrogen-bond acceptors (Lipinski definition) is 5. The summed E-state index contributed by atoms with van der Waals surface area (Å²) in [5.74, 6) is 0.352. The standard InChI is InChI=1S/C23H41N3O4/c27-17-21-20(25-23(29)18-7-3-1-4-8-18)10-9-19(30-21)11-13-24-22(28)12-16-26-14-5-2-6-15-26/h18-21,27H,1-17H2,(H,24,28)(H,25,29)/t19-,20+,21-/m0/s1. The monoisotopic (exact) mass is 423 g/mol. The van der Waals surface area contributed by atoms with Crippen molar-refractivity contribution in [2.75, 3.05) is 32.8 Å². The minimum Gasteiger partial charge on any atom is -0.394 e. The molecule has 1 aliphatic carbocycles. The van der Waals surface area contributed by atoms with Crippen LogP contribution in [0.4, 0.5) is 0 Å². The van der Waals surface area contributed by atoms with Gasteiger partial charge in [0.05, 0.1) is 18.8 Å². The van der Waals surface area contributed by atoms with Crippen LogP contribution in [0, 0.1) is 5.92 Å². The van der Waals surface area contributed by atoms with Gasteiger partial charge in [0.2, 0.25) is 11.8 Å². The van der Waals surface area contributed by atoms with Gasteiger partial charge in [-0.1, -0.05) is 25.7 Å². The van der Waals surface area contributed by atoms with Gasteiger partial charge in [0.25, 0.3) is 0 Å². The van der Waals surface area contributed by atoms with Gasteiger partial charge < -0.3 is 25.4 Å². The van der Waals surface area contributed by atoms with Crippen LogP contribution in [0.5, 0.6) is 0 Å². The molecule has 7 nitrogen and oxygen atoms in total. The molecule has 0 aromatic carbocycles. The average molecular weight is 424 g/mol. The molecule has 3 fully saturated rings. The zero-order chi connectivity index (χ0) is 21.2. The van der Waals surface area contributed by atoms with Gasteiger partial charge in [-0.05, 0) is 58.0 Å². The third-order valence-corrected chi connectivity index (χ3v) is 6.99. The first-order valence-corrected chi connectivity index (χ1v) is 12.2. The Morgan fingerprint density at radius 2 is 1.70 bits per heavy atom. The summed E-state index contributed by atoms with van der Waals surface area (Å²) in [6.07, 6.45) is 11.9.